The van der Waals surface area contributed by atoms with Gasteiger partial charge < -0.3 is 10.4 Å². The Hall–Kier alpha value is -1.72. The van der Waals surface area contributed by atoms with E-state index in [9.17, 15) is 18.0 Å². The minimum Gasteiger partial charge on any atom is -0.480 e. The fourth-order valence-corrected chi connectivity index (χ4v) is 1.09. The average molecular weight is 219 g/mol. The third-order valence-electron chi connectivity index (χ3n) is 1.78. The van der Waals surface area contributed by atoms with Crippen molar-refractivity contribution in [3.63, 3.8) is 0 Å². The van der Waals surface area contributed by atoms with Gasteiger partial charge in [0, 0.05) is 0 Å². The third kappa shape index (κ3) is 2.39. The first-order chi connectivity index (χ1) is 6.93. The highest BCUT2D eigenvalue weighted by atomic mass is 19.2. The lowest BCUT2D eigenvalue weighted by molar-refractivity contribution is -0.134. The molecule has 0 heterocycles. The molecule has 0 aromatic heterocycles. The van der Waals surface area contributed by atoms with Crippen molar-refractivity contribution in [1.29, 1.82) is 0 Å². The molecule has 0 saturated heterocycles. The van der Waals surface area contributed by atoms with Crippen LogP contribution in [0.2, 0.25) is 0 Å². The molecule has 2 N–H and O–H groups in total. The molecule has 0 atom stereocenters. The van der Waals surface area contributed by atoms with Gasteiger partial charge in [-0.25, -0.2) is 13.2 Å². The van der Waals surface area contributed by atoms with Crippen molar-refractivity contribution >= 4 is 11.7 Å². The van der Waals surface area contributed by atoms with Crippen LogP contribution >= 0.6 is 0 Å². The summed E-state index contributed by atoms with van der Waals surface area (Å²) in [6.45, 7) is 0.776. The summed E-state index contributed by atoms with van der Waals surface area (Å²) in [5, 5.41) is 10.5. The van der Waals surface area contributed by atoms with E-state index in [1.54, 1.807) is 0 Å². The first-order valence-corrected chi connectivity index (χ1v) is 4.03. The second-order valence-electron chi connectivity index (χ2n) is 2.93. The molecule has 15 heavy (non-hydrogen) atoms. The van der Waals surface area contributed by atoms with Crippen LogP contribution < -0.4 is 5.32 Å². The average Bonchev–Trinajstić information content (AvgIpc) is 2.14. The van der Waals surface area contributed by atoms with Gasteiger partial charge in [-0.2, -0.15) is 0 Å². The van der Waals surface area contributed by atoms with Gasteiger partial charge in [-0.15, -0.1) is 0 Å². The highest BCUT2D eigenvalue weighted by Crippen LogP contribution is 2.23. The predicted octanol–water partition coefficient (Wildman–Crippen LogP) is 1.91. The van der Waals surface area contributed by atoms with Crippen molar-refractivity contribution in [3.05, 3.63) is 29.1 Å². The van der Waals surface area contributed by atoms with E-state index >= 15 is 0 Å². The fraction of sp³-hybridized carbons (Fsp3) is 0.222. The van der Waals surface area contributed by atoms with Gasteiger partial charge in [-0.3, -0.25) is 4.79 Å². The molecular weight excluding hydrogens is 211 g/mol. The largest absolute Gasteiger partial charge is 0.480 e. The number of carboxylic acids is 1. The van der Waals surface area contributed by atoms with Crippen molar-refractivity contribution in [2.45, 2.75) is 6.92 Å². The molecule has 1 aromatic carbocycles. The van der Waals surface area contributed by atoms with Crippen LogP contribution in [0, 0.1) is 24.4 Å². The summed E-state index contributed by atoms with van der Waals surface area (Å²) in [4.78, 5) is 10.2. The summed E-state index contributed by atoms with van der Waals surface area (Å²) < 4.78 is 38.5. The molecule has 82 valence electrons. The van der Waals surface area contributed by atoms with Gasteiger partial charge in [0.1, 0.15) is 6.54 Å². The number of nitrogens with one attached hydrogen (secondary N) is 1. The van der Waals surface area contributed by atoms with Crippen LogP contribution in [-0.4, -0.2) is 17.6 Å². The smallest absolute Gasteiger partial charge is 0.322 e. The molecule has 0 spiro atoms. The van der Waals surface area contributed by atoms with E-state index < -0.39 is 30.0 Å². The molecule has 0 aliphatic heterocycles. The van der Waals surface area contributed by atoms with Crippen LogP contribution in [0.3, 0.4) is 0 Å². The van der Waals surface area contributed by atoms with Crippen LogP contribution in [0.5, 0.6) is 0 Å². The lowest BCUT2D eigenvalue weighted by Crippen LogP contribution is -2.15. The quantitative estimate of drug-likeness (QED) is 0.763. The Labute approximate surface area is 83.5 Å². The van der Waals surface area contributed by atoms with E-state index in [2.05, 4.69) is 5.32 Å². The Balaban J connectivity index is 3.07. The van der Waals surface area contributed by atoms with Crippen LogP contribution in [0.15, 0.2) is 6.07 Å². The summed E-state index contributed by atoms with van der Waals surface area (Å²) in [5.41, 5.74) is -0.232. The molecule has 1 aromatic rings. The van der Waals surface area contributed by atoms with Crippen molar-refractivity contribution in [2.24, 2.45) is 0 Å². The molecule has 6 heteroatoms. The lowest BCUT2D eigenvalue weighted by Gasteiger charge is -2.09. The van der Waals surface area contributed by atoms with E-state index in [4.69, 9.17) is 5.11 Å². The maximum Gasteiger partial charge on any atom is 0.322 e. The van der Waals surface area contributed by atoms with Crippen molar-refractivity contribution < 1.29 is 23.1 Å². The van der Waals surface area contributed by atoms with Crippen molar-refractivity contribution in [1.82, 2.24) is 0 Å². The number of benzene rings is 1. The number of carboxylic acid groups (broad SMARTS) is 1. The molecule has 0 aliphatic rings. The molecule has 0 unspecified atom stereocenters. The highest BCUT2D eigenvalue weighted by molar-refractivity contribution is 5.73. The number of halogens is 3. The molecular formula is C9H8F3NO2. The van der Waals surface area contributed by atoms with Crippen molar-refractivity contribution in [3.8, 4) is 0 Å². The van der Waals surface area contributed by atoms with Crippen LogP contribution in [0.25, 0.3) is 0 Å². The van der Waals surface area contributed by atoms with Gasteiger partial charge in [0.25, 0.3) is 0 Å². The SMILES string of the molecule is Cc1cc(F)c(F)c(F)c1NCC(=O)O. The van der Waals surface area contributed by atoms with E-state index in [-0.39, 0.29) is 11.3 Å². The topological polar surface area (TPSA) is 49.3 Å². The van der Waals surface area contributed by atoms with Gasteiger partial charge in [-0.05, 0) is 18.6 Å². The van der Waals surface area contributed by atoms with Crippen molar-refractivity contribution in [2.75, 3.05) is 11.9 Å². The normalized spacial score (nSPS) is 10.1. The van der Waals surface area contributed by atoms with Crippen LogP contribution in [0.1, 0.15) is 5.56 Å². The maximum absolute atomic E-state index is 13.1. The molecule has 3 nitrogen and oxygen atoms in total. The highest BCUT2D eigenvalue weighted by Gasteiger charge is 2.16. The summed E-state index contributed by atoms with van der Waals surface area (Å²) in [7, 11) is 0. The van der Waals surface area contributed by atoms with Crippen LogP contribution in [-0.2, 0) is 4.79 Å². The Morgan fingerprint density at radius 3 is 2.53 bits per heavy atom. The second-order valence-corrected chi connectivity index (χ2v) is 2.93. The Kier molecular flexibility index (Phi) is 3.18. The zero-order valence-corrected chi connectivity index (χ0v) is 7.77. The first kappa shape index (κ1) is 11.4. The van der Waals surface area contributed by atoms with Gasteiger partial charge in [0.05, 0.1) is 5.69 Å². The van der Waals surface area contributed by atoms with Gasteiger partial charge in [0.15, 0.2) is 17.5 Å². The molecule has 0 saturated carbocycles. The second kappa shape index (κ2) is 4.20. The molecule has 0 amide bonds. The molecule has 1 rings (SSSR count). The summed E-state index contributed by atoms with van der Waals surface area (Å²) >= 11 is 0. The van der Waals surface area contributed by atoms with Gasteiger partial charge in [0.2, 0.25) is 0 Å². The Bertz CT molecular complexity index is 407. The molecule has 0 bridgehead atoms. The van der Waals surface area contributed by atoms with E-state index in [1.807, 2.05) is 0 Å². The number of rotatable bonds is 3. The Morgan fingerprint density at radius 2 is 2.00 bits per heavy atom. The minimum atomic E-state index is -1.62. The molecule has 0 aliphatic carbocycles. The zero-order valence-electron chi connectivity index (χ0n) is 7.77. The lowest BCUT2D eigenvalue weighted by atomic mass is 10.1. The third-order valence-corrected chi connectivity index (χ3v) is 1.78. The van der Waals surface area contributed by atoms with E-state index in [0.29, 0.717) is 0 Å². The van der Waals surface area contributed by atoms with Gasteiger partial charge >= 0.3 is 5.97 Å². The number of aryl methyl sites for hydroxylation is 1. The number of hydrogen-bond acceptors (Lipinski definition) is 2. The number of hydrogen-bond donors (Lipinski definition) is 2. The number of aliphatic carboxylic acids is 1. The summed E-state index contributed by atoms with van der Waals surface area (Å²) in [5.74, 6) is -5.55. The fourth-order valence-electron chi connectivity index (χ4n) is 1.09. The first-order valence-electron chi connectivity index (χ1n) is 4.03. The van der Waals surface area contributed by atoms with Gasteiger partial charge in [-0.1, -0.05) is 0 Å². The molecule has 0 radical (unpaired) electrons. The zero-order chi connectivity index (χ0) is 11.6. The number of anilines is 1. The standard InChI is InChI=1S/C9H8F3NO2/c1-4-2-5(10)7(11)8(12)9(4)13-3-6(14)15/h2,13H,3H2,1H3,(H,14,15). The minimum absolute atomic E-state index is 0.104. The predicted molar refractivity (Wildman–Crippen MR) is 47.2 cm³/mol. The van der Waals surface area contributed by atoms with E-state index in [1.165, 1.54) is 6.92 Å². The summed E-state index contributed by atoms with van der Waals surface area (Å²) in [6.07, 6.45) is 0. The van der Waals surface area contributed by atoms with E-state index in [0.717, 1.165) is 6.07 Å². The van der Waals surface area contributed by atoms with Crippen LogP contribution in [0.4, 0.5) is 18.9 Å². The molecule has 0 fully saturated rings. The maximum atomic E-state index is 13.1. The number of carbonyl (C=O) groups is 1. The Morgan fingerprint density at radius 1 is 1.40 bits per heavy atom. The monoisotopic (exact) mass is 219 g/mol. The summed E-state index contributed by atoms with van der Waals surface area (Å²) in [6, 6.07) is 0.794.